The Morgan fingerprint density at radius 1 is 1.00 bits per heavy atom. The van der Waals surface area contributed by atoms with Crippen molar-refractivity contribution in [1.82, 2.24) is 4.90 Å². The minimum atomic E-state index is -0.542. The number of benzene rings is 3. The fourth-order valence-electron chi connectivity index (χ4n) is 3.56. The van der Waals surface area contributed by atoms with Crippen LogP contribution in [0.2, 0.25) is 0 Å². The van der Waals surface area contributed by atoms with Crippen molar-refractivity contribution in [3.63, 3.8) is 0 Å². The van der Waals surface area contributed by atoms with Gasteiger partial charge in [-0.25, -0.2) is 0 Å². The first-order valence-electron chi connectivity index (χ1n) is 10.00. The molecule has 0 saturated heterocycles. The van der Waals surface area contributed by atoms with E-state index in [-0.39, 0.29) is 11.8 Å². The molecule has 152 valence electrons. The fraction of sp³-hybridized carbons (Fsp3) is 0.200. The summed E-state index contributed by atoms with van der Waals surface area (Å²) in [5.41, 5.74) is 4.75. The van der Waals surface area contributed by atoms with E-state index in [4.69, 9.17) is 0 Å². The molecular weight excluding hydrogens is 392 g/mol. The molecule has 0 radical (unpaired) electrons. The lowest BCUT2D eigenvalue weighted by Crippen LogP contribution is -2.46. The number of carbonyl (C=O) groups is 2. The Kier molecular flexibility index (Phi) is 6.19. The average Bonchev–Trinajstić information content (AvgIpc) is 3.10. The molecule has 1 N–H and O–H groups in total. The molecular formula is C25H24N2O2S. The molecule has 1 atom stereocenters. The molecule has 1 aliphatic heterocycles. The number of thioether (sulfide) groups is 1. The van der Waals surface area contributed by atoms with Gasteiger partial charge in [0.2, 0.25) is 5.91 Å². The molecule has 2 amide bonds. The molecule has 0 bridgehead atoms. The van der Waals surface area contributed by atoms with Crippen molar-refractivity contribution >= 4 is 29.3 Å². The standard InChI is InChI=1S/C25H24N2O2S/c1-18-11-13-21(14-12-18)26-24(28)23(17-30-16-19-7-3-2-4-8-19)27-15-20-9-5-6-10-22(20)25(27)29/h2-14,23H,15-17H2,1H3,(H,26,28)/t23-/m0/s1. The van der Waals surface area contributed by atoms with Crippen LogP contribution in [0, 0.1) is 6.92 Å². The van der Waals surface area contributed by atoms with Gasteiger partial charge in [-0.15, -0.1) is 0 Å². The van der Waals surface area contributed by atoms with Gasteiger partial charge in [0.05, 0.1) is 0 Å². The SMILES string of the molecule is Cc1ccc(NC(=O)[C@H](CSCc2ccccc2)N2Cc3ccccc3C2=O)cc1. The first-order chi connectivity index (χ1) is 14.6. The second-order valence-electron chi connectivity index (χ2n) is 7.46. The Hall–Kier alpha value is -3.05. The zero-order valence-electron chi connectivity index (χ0n) is 16.9. The van der Waals surface area contributed by atoms with Gasteiger partial charge in [0.15, 0.2) is 0 Å². The van der Waals surface area contributed by atoms with Gasteiger partial charge in [0, 0.05) is 29.3 Å². The molecule has 3 aromatic rings. The number of hydrogen-bond acceptors (Lipinski definition) is 3. The first kappa shape index (κ1) is 20.2. The highest BCUT2D eigenvalue weighted by Crippen LogP contribution is 2.27. The van der Waals surface area contributed by atoms with Gasteiger partial charge in [-0.05, 0) is 36.2 Å². The lowest BCUT2D eigenvalue weighted by Gasteiger charge is -2.27. The Labute approximate surface area is 181 Å². The van der Waals surface area contributed by atoms with Crippen LogP contribution in [0.5, 0.6) is 0 Å². The predicted molar refractivity (Wildman–Crippen MR) is 123 cm³/mol. The molecule has 5 heteroatoms. The highest BCUT2D eigenvalue weighted by molar-refractivity contribution is 7.98. The molecule has 0 aromatic heterocycles. The van der Waals surface area contributed by atoms with Crippen molar-refractivity contribution in [3.8, 4) is 0 Å². The van der Waals surface area contributed by atoms with Crippen LogP contribution in [-0.2, 0) is 17.1 Å². The largest absolute Gasteiger partial charge is 0.324 e. The van der Waals surface area contributed by atoms with Crippen LogP contribution >= 0.6 is 11.8 Å². The summed E-state index contributed by atoms with van der Waals surface area (Å²) >= 11 is 1.67. The van der Waals surface area contributed by atoms with E-state index in [1.807, 2.05) is 73.7 Å². The maximum Gasteiger partial charge on any atom is 0.255 e. The molecule has 1 heterocycles. The highest BCUT2D eigenvalue weighted by atomic mass is 32.2. The van der Waals surface area contributed by atoms with E-state index < -0.39 is 6.04 Å². The number of nitrogens with zero attached hydrogens (tertiary/aromatic N) is 1. The van der Waals surface area contributed by atoms with E-state index >= 15 is 0 Å². The maximum atomic E-state index is 13.2. The number of rotatable bonds is 7. The summed E-state index contributed by atoms with van der Waals surface area (Å²) < 4.78 is 0. The number of fused-ring (bicyclic) bond motifs is 1. The van der Waals surface area contributed by atoms with Crippen LogP contribution in [0.15, 0.2) is 78.9 Å². The van der Waals surface area contributed by atoms with Gasteiger partial charge in [-0.3, -0.25) is 9.59 Å². The smallest absolute Gasteiger partial charge is 0.255 e. The van der Waals surface area contributed by atoms with Gasteiger partial charge in [-0.1, -0.05) is 66.2 Å². The van der Waals surface area contributed by atoms with Crippen molar-refractivity contribution in [2.24, 2.45) is 0 Å². The summed E-state index contributed by atoms with van der Waals surface area (Å²) in [7, 11) is 0. The summed E-state index contributed by atoms with van der Waals surface area (Å²) in [4.78, 5) is 27.9. The molecule has 30 heavy (non-hydrogen) atoms. The number of carbonyl (C=O) groups excluding carboxylic acids is 2. The Morgan fingerprint density at radius 3 is 2.43 bits per heavy atom. The summed E-state index contributed by atoms with van der Waals surface area (Å²) in [6, 6.07) is 24.9. The van der Waals surface area contributed by atoms with Crippen molar-refractivity contribution < 1.29 is 9.59 Å². The zero-order chi connectivity index (χ0) is 20.9. The topological polar surface area (TPSA) is 49.4 Å². The van der Waals surface area contributed by atoms with Crippen molar-refractivity contribution in [1.29, 1.82) is 0 Å². The summed E-state index contributed by atoms with van der Waals surface area (Å²) in [6.07, 6.45) is 0. The quantitative estimate of drug-likeness (QED) is 0.596. The van der Waals surface area contributed by atoms with Crippen LogP contribution in [0.3, 0.4) is 0 Å². The maximum absolute atomic E-state index is 13.2. The molecule has 4 nitrogen and oxygen atoms in total. The van der Waals surface area contributed by atoms with Crippen molar-refractivity contribution in [3.05, 3.63) is 101 Å². The molecule has 3 aromatic carbocycles. The molecule has 0 saturated carbocycles. The molecule has 0 fully saturated rings. The molecule has 4 rings (SSSR count). The van der Waals surface area contributed by atoms with Crippen molar-refractivity contribution in [2.75, 3.05) is 11.1 Å². The third-order valence-corrected chi connectivity index (χ3v) is 6.32. The third-order valence-electron chi connectivity index (χ3n) is 5.23. The Balaban J connectivity index is 1.51. The monoisotopic (exact) mass is 416 g/mol. The second kappa shape index (κ2) is 9.18. The summed E-state index contributed by atoms with van der Waals surface area (Å²) in [5, 5.41) is 3.00. The van der Waals surface area contributed by atoms with E-state index in [0.29, 0.717) is 17.9 Å². The van der Waals surface area contributed by atoms with Gasteiger partial charge >= 0.3 is 0 Å². The van der Waals surface area contributed by atoms with Crippen LogP contribution < -0.4 is 5.32 Å². The lowest BCUT2D eigenvalue weighted by molar-refractivity contribution is -0.119. The number of nitrogens with one attached hydrogen (secondary N) is 1. The van der Waals surface area contributed by atoms with Crippen LogP contribution in [0.25, 0.3) is 0 Å². The predicted octanol–water partition coefficient (Wildman–Crippen LogP) is 4.89. The third kappa shape index (κ3) is 4.57. The molecule has 0 aliphatic carbocycles. The minimum absolute atomic E-state index is 0.0741. The fourth-order valence-corrected chi connectivity index (χ4v) is 4.66. The van der Waals surface area contributed by atoms with Crippen LogP contribution in [-0.4, -0.2) is 28.5 Å². The first-order valence-corrected chi connectivity index (χ1v) is 11.2. The number of hydrogen-bond donors (Lipinski definition) is 1. The minimum Gasteiger partial charge on any atom is -0.324 e. The summed E-state index contributed by atoms with van der Waals surface area (Å²) in [5.74, 6) is 1.10. The normalized spacial score (nSPS) is 13.8. The van der Waals surface area contributed by atoms with Crippen molar-refractivity contribution in [2.45, 2.75) is 25.3 Å². The molecule has 0 unspecified atom stereocenters. The lowest BCUT2D eigenvalue weighted by atomic mass is 10.1. The van der Waals surface area contributed by atoms with Crippen LogP contribution in [0.4, 0.5) is 5.69 Å². The summed E-state index contributed by atoms with van der Waals surface area (Å²) in [6.45, 7) is 2.47. The van der Waals surface area contributed by atoms with E-state index in [9.17, 15) is 9.59 Å². The highest BCUT2D eigenvalue weighted by Gasteiger charge is 2.36. The van der Waals surface area contributed by atoms with Crippen LogP contribution in [0.1, 0.15) is 27.0 Å². The van der Waals surface area contributed by atoms with E-state index in [2.05, 4.69) is 17.4 Å². The van der Waals surface area contributed by atoms with E-state index in [0.717, 1.165) is 22.6 Å². The Bertz CT molecular complexity index is 1030. The molecule has 1 aliphatic rings. The Morgan fingerprint density at radius 2 is 1.70 bits per heavy atom. The number of aryl methyl sites for hydroxylation is 1. The van der Waals surface area contributed by atoms with Gasteiger partial charge in [-0.2, -0.15) is 11.8 Å². The zero-order valence-corrected chi connectivity index (χ0v) is 17.7. The van der Waals surface area contributed by atoms with E-state index in [1.54, 1.807) is 16.7 Å². The van der Waals surface area contributed by atoms with Gasteiger partial charge < -0.3 is 10.2 Å². The second-order valence-corrected chi connectivity index (χ2v) is 8.49. The average molecular weight is 417 g/mol. The van der Waals surface area contributed by atoms with Gasteiger partial charge in [0.25, 0.3) is 5.91 Å². The number of anilines is 1. The van der Waals surface area contributed by atoms with E-state index in [1.165, 1.54) is 5.56 Å². The molecule has 0 spiro atoms. The number of amides is 2. The van der Waals surface area contributed by atoms with Gasteiger partial charge in [0.1, 0.15) is 6.04 Å².